The number of carbonyl (C=O) groups excluding carboxylic acids is 1. The van der Waals surface area contributed by atoms with E-state index in [9.17, 15) is 9.59 Å². The second-order valence-corrected chi connectivity index (χ2v) is 8.21. The summed E-state index contributed by atoms with van der Waals surface area (Å²) >= 11 is 1.22. The van der Waals surface area contributed by atoms with E-state index in [0.29, 0.717) is 43.7 Å². The molecule has 0 spiro atoms. The Balaban J connectivity index is 1.46. The quantitative estimate of drug-likeness (QED) is 0.378. The fourth-order valence-electron chi connectivity index (χ4n) is 3.44. The summed E-state index contributed by atoms with van der Waals surface area (Å²) in [5.41, 5.74) is 1.84. The molecule has 0 bridgehead atoms. The number of para-hydroxylation sites is 2. The van der Waals surface area contributed by atoms with Crippen molar-refractivity contribution in [1.29, 1.82) is 0 Å². The summed E-state index contributed by atoms with van der Waals surface area (Å²) in [6, 6.07) is 19.2. The average molecular weight is 474 g/mol. The van der Waals surface area contributed by atoms with Crippen molar-refractivity contribution in [2.75, 3.05) is 24.9 Å². The number of benzene rings is 3. The number of rotatable bonds is 6. The smallest absolute Gasteiger partial charge is 0.283 e. The van der Waals surface area contributed by atoms with Crippen LogP contribution < -0.4 is 25.7 Å². The molecule has 2 aromatic heterocycles. The Hall–Kier alpha value is -4.44. The van der Waals surface area contributed by atoms with Crippen LogP contribution in [0.5, 0.6) is 11.5 Å². The lowest BCUT2D eigenvalue weighted by Crippen LogP contribution is -2.16. The van der Waals surface area contributed by atoms with E-state index in [0.717, 1.165) is 5.69 Å². The zero-order valence-electron chi connectivity index (χ0n) is 18.2. The van der Waals surface area contributed by atoms with Crippen LogP contribution >= 0.6 is 11.3 Å². The normalized spacial score (nSPS) is 10.9. The van der Waals surface area contributed by atoms with Gasteiger partial charge in [-0.15, -0.1) is 5.10 Å². The molecule has 3 aromatic carbocycles. The van der Waals surface area contributed by atoms with E-state index >= 15 is 0 Å². The minimum Gasteiger partial charge on any atom is -0.497 e. The van der Waals surface area contributed by atoms with Crippen molar-refractivity contribution in [3.63, 3.8) is 0 Å². The molecule has 0 aliphatic carbocycles. The van der Waals surface area contributed by atoms with Crippen molar-refractivity contribution >= 4 is 49.6 Å². The van der Waals surface area contributed by atoms with Crippen LogP contribution in [-0.4, -0.2) is 34.7 Å². The van der Waals surface area contributed by atoms with Gasteiger partial charge < -0.3 is 20.1 Å². The van der Waals surface area contributed by atoms with Gasteiger partial charge in [-0.25, -0.2) is 4.98 Å². The molecule has 0 saturated heterocycles. The first-order valence-corrected chi connectivity index (χ1v) is 11.1. The number of anilines is 3. The van der Waals surface area contributed by atoms with Crippen molar-refractivity contribution in [1.82, 2.24) is 14.6 Å². The van der Waals surface area contributed by atoms with E-state index in [1.165, 1.54) is 15.9 Å². The van der Waals surface area contributed by atoms with Gasteiger partial charge in [-0.05, 0) is 54.6 Å². The van der Waals surface area contributed by atoms with Gasteiger partial charge in [-0.3, -0.25) is 9.59 Å². The highest BCUT2D eigenvalue weighted by molar-refractivity contribution is 7.20. The summed E-state index contributed by atoms with van der Waals surface area (Å²) < 4.78 is 11.7. The number of nitrogens with zero attached hydrogens (tertiary/aromatic N) is 3. The highest BCUT2D eigenvalue weighted by Crippen LogP contribution is 2.29. The zero-order valence-corrected chi connectivity index (χ0v) is 19.1. The Bertz CT molecular complexity index is 1580. The molecule has 0 aliphatic heterocycles. The molecule has 0 fully saturated rings. The van der Waals surface area contributed by atoms with Gasteiger partial charge in [0.05, 0.1) is 30.8 Å². The lowest BCUT2D eigenvalue weighted by atomic mass is 10.1. The number of fused-ring (bicyclic) bond motifs is 2. The maximum absolute atomic E-state index is 13.0. The molecule has 34 heavy (non-hydrogen) atoms. The largest absolute Gasteiger partial charge is 0.497 e. The number of ether oxygens (including phenoxy) is 2. The number of hydrogen-bond acceptors (Lipinski definition) is 8. The molecule has 1 amide bonds. The van der Waals surface area contributed by atoms with E-state index in [-0.39, 0.29) is 11.5 Å². The predicted molar refractivity (Wildman–Crippen MR) is 132 cm³/mol. The van der Waals surface area contributed by atoms with Gasteiger partial charge in [0, 0.05) is 11.3 Å². The highest BCUT2D eigenvalue weighted by atomic mass is 32.1. The predicted octanol–water partition coefficient (Wildman–Crippen LogP) is 4.32. The van der Waals surface area contributed by atoms with Gasteiger partial charge in [0.25, 0.3) is 11.5 Å². The van der Waals surface area contributed by atoms with E-state index in [1.54, 1.807) is 56.7 Å². The van der Waals surface area contributed by atoms with Gasteiger partial charge in [0.15, 0.2) is 0 Å². The van der Waals surface area contributed by atoms with Crippen LogP contribution in [0.4, 0.5) is 16.5 Å². The summed E-state index contributed by atoms with van der Waals surface area (Å²) in [6.45, 7) is 0. The minimum absolute atomic E-state index is 0.308. The maximum atomic E-state index is 13.0. The first-order valence-electron chi connectivity index (χ1n) is 10.2. The van der Waals surface area contributed by atoms with Crippen LogP contribution in [0.15, 0.2) is 71.5 Å². The van der Waals surface area contributed by atoms with Gasteiger partial charge in [0.2, 0.25) is 10.1 Å². The van der Waals surface area contributed by atoms with Gasteiger partial charge in [-0.1, -0.05) is 23.5 Å². The van der Waals surface area contributed by atoms with E-state index in [1.807, 2.05) is 24.3 Å². The molecule has 5 aromatic rings. The van der Waals surface area contributed by atoms with Crippen molar-refractivity contribution < 1.29 is 14.3 Å². The maximum Gasteiger partial charge on any atom is 0.283 e. The number of methoxy groups -OCH3 is 2. The number of nitrogens with one attached hydrogen (secondary N) is 2. The Kier molecular flexibility index (Phi) is 5.56. The SMILES string of the molecule is COc1ccc(NC(=O)c2ccc3c(=O)n4nc(Nc5ccccc5OC)sc4nc3c2)cc1. The fourth-order valence-corrected chi connectivity index (χ4v) is 4.25. The van der Waals surface area contributed by atoms with Crippen LogP contribution in [-0.2, 0) is 0 Å². The highest BCUT2D eigenvalue weighted by Gasteiger charge is 2.15. The standard InChI is InChI=1S/C24H19N5O4S/c1-32-16-10-8-15(9-11-16)25-21(30)14-7-12-17-19(13-14)27-24-29(22(17)31)28-23(34-24)26-18-5-3-4-6-20(18)33-2/h3-13H,1-2H3,(H,25,30)(H,26,28). The van der Waals surface area contributed by atoms with Gasteiger partial charge in [0.1, 0.15) is 11.5 Å². The van der Waals surface area contributed by atoms with E-state index < -0.39 is 0 Å². The third-order valence-corrected chi connectivity index (χ3v) is 5.98. The van der Waals surface area contributed by atoms with E-state index in [2.05, 4.69) is 20.7 Å². The van der Waals surface area contributed by atoms with Crippen molar-refractivity contribution in [2.45, 2.75) is 0 Å². The number of hydrogen-bond donors (Lipinski definition) is 2. The Morgan fingerprint density at radius 1 is 1.00 bits per heavy atom. The molecule has 0 atom stereocenters. The zero-order chi connectivity index (χ0) is 23.7. The Morgan fingerprint density at radius 3 is 2.56 bits per heavy atom. The van der Waals surface area contributed by atoms with E-state index in [4.69, 9.17) is 9.47 Å². The van der Waals surface area contributed by atoms with Crippen LogP contribution in [0.25, 0.3) is 15.9 Å². The molecule has 9 nitrogen and oxygen atoms in total. The van der Waals surface area contributed by atoms with Crippen molar-refractivity contribution in [3.05, 3.63) is 82.6 Å². The molecule has 0 unspecified atom stereocenters. The summed E-state index contributed by atoms with van der Waals surface area (Å²) in [7, 11) is 3.16. The van der Waals surface area contributed by atoms with Crippen molar-refractivity contribution in [3.8, 4) is 11.5 Å². The third kappa shape index (κ3) is 4.02. The molecular weight excluding hydrogens is 454 g/mol. The van der Waals surface area contributed by atoms with Crippen molar-refractivity contribution in [2.24, 2.45) is 0 Å². The molecular formula is C24H19N5O4S. The second-order valence-electron chi connectivity index (χ2n) is 7.26. The minimum atomic E-state index is -0.313. The fraction of sp³-hybridized carbons (Fsp3) is 0.0833. The molecule has 170 valence electrons. The lowest BCUT2D eigenvalue weighted by Gasteiger charge is -2.07. The molecule has 0 aliphatic rings. The molecule has 5 rings (SSSR count). The summed E-state index contributed by atoms with van der Waals surface area (Å²) in [6.07, 6.45) is 0. The molecule has 0 radical (unpaired) electrons. The van der Waals surface area contributed by atoms with Crippen LogP contribution in [0.2, 0.25) is 0 Å². The number of carbonyl (C=O) groups is 1. The monoisotopic (exact) mass is 473 g/mol. The van der Waals surface area contributed by atoms with Gasteiger partial charge in [-0.2, -0.15) is 4.52 Å². The molecule has 2 N–H and O–H groups in total. The summed E-state index contributed by atoms with van der Waals surface area (Å²) in [5, 5.41) is 11.2. The first kappa shape index (κ1) is 21.4. The molecule has 0 saturated carbocycles. The number of amides is 1. The lowest BCUT2D eigenvalue weighted by molar-refractivity contribution is 0.102. The Labute approximate surface area is 197 Å². The summed E-state index contributed by atoms with van der Waals surface area (Å²) in [5.74, 6) is 1.04. The topological polar surface area (TPSA) is 107 Å². The molecule has 10 heteroatoms. The molecule has 2 heterocycles. The van der Waals surface area contributed by atoms with Gasteiger partial charge >= 0.3 is 0 Å². The Morgan fingerprint density at radius 2 is 1.79 bits per heavy atom. The van der Waals surface area contributed by atoms with Crippen LogP contribution in [0.3, 0.4) is 0 Å². The van der Waals surface area contributed by atoms with Crippen LogP contribution in [0.1, 0.15) is 10.4 Å². The average Bonchev–Trinajstić information content (AvgIpc) is 3.27. The second kappa shape index (κ2) is 8.83. The number of aromatic nitrogens is 3. The van der Waals surface area contributed by atoms with Crippen LogP contribution in [0, 0.1) is 0 Å². The summed E-state index contributed by atoms with van der Waals surface area (Å²) in [4.78, 5) is 30.7. The third-order valence-electron chi connectivity index (χ3n) is 5.16. The first-order chi connectivity index (χ1) is 16.6.